The van der Waals surface area contributed by atoms with Crippen LogP contribution in [0.15, 0.2) is 28.7 Å². The Bertz CT molecular complexity index is 1050. The first-order chi connectivity index (χ1) is 13.1. The number of carbonyl (C=O) groups is 2. The molecule has 0 fully saturated rings. The van der Waals surface area contributed by atoms with Gasteiger partial charge in [0.2, 0.25) is 0 Å². The zero-order chi connectivity index (χ0) is 20.6. The second kappa shape index (κ2) is 7.73. The van der Waals surface area contributed by atoms with Gasteiger partial charge in [0.15, 0.2) is 0 Å². The molecule has 0 aliphatic carbocycles. The Morgan fingerprint density at radius 3 is 2.32 bits per heavy atom. The van der Waals surface area contributed by atoms with Crippen LogP contribution in [-0.4, -0.2) is 26.6 Å². The third kappa shape index (κ3) is 4.01. The van der Waals surface area contributed by atoms with Crippen LogP contribution in [0.5, 0.6) is 0 Å². The van der Waals surface area contributed by atoms with Crippen molar-refractivity contribution < 1.29 is 14.7 Å². The number of benzene rings is 1. The minimum absolute atomic E-state index is 0.0979. The van der Waals surface area contributed by atoms with E-state index in [4.69, 9.17) is 0 Å². The van der Waals surface area contributed by atoms with Crippen molar-refractivity contribution in [2.45, 2.75) is 33.1 Å². The van der Waals surface area contributed by atoms with Gasteiger partial charge in [-0.15, -0.1) is 16.4 Å². The van der Waals surface area contributed by atoms with E-state index in [1.165, 1.54) is 11.3 Å². The molecule has 2 heterocycles. The molecule has 0 saturated heterocycles. The molecule has 0 unspecified atom stereocenters. The van der Waals surface area contributed by atoms with Gasteiger partial charge in [-0.05, 0) is 41.6 Å². The van der Waals surface area contributed by atoms with Crippen LogP contribution in [0.2, 0.25) is 0 Å². The number of aromatic nitrogens is 2. The number of rotatable bonds is 4. The summed E-state index contributed by atoms with van der Waals surface area (Å²) in [5.74, 6) is -1.49. The van der Waals surface area contributed by atoms with Crippen LogP contribution in [0, 0.1) is 6.92 Å². The number of hydrogen-bond donors (Lipinski definition) is 2. The van der Waals surface area contributed by atoms with Gasteiger partial charge >= 0.3 is 5.97 Å². The van der Waals surface area contributed by atoms with E-state index in [0.29, 0.717) is 21.1 Å². The lowest BCUT2D eigenvalue weighted by Crippen LogP contribution is -2.13. The largest absolute Gasteiger partial charge is 0.478 e. The van der Waals surface area contributed by atoms with Gasteiger partial charge in [-0.1, -0.05) is 53.3 Å². The van der Waals surface area contributed by atoms with E-state index in [2.05, 4.69) is 30.8 Å². The summed E-state index contributed by atoms with van der Waals surface area (Å²) in [6, 6.07) is 7.48. The van der Waals surface area contributed by atoms with Gasteiger partial charge in [-0.3, -0.25) is 4.79 Å². The van der Waals surface area contributed by atoms with Gasteiger partial charge < -0.3 is 10.4 Å². The number of halogens is 1. The van der Waals surface area contributed by atoms with Crippen molar-refractivity contribution in [1.29, 1.82) is 0 Å². The van der Waals surface area contributed by atoms with E-state index in [1.807, 2.05) is 45.0 Å². The van der Waals surface area contributed by atoms with E-state index >= 15 is 0 Å². The zero-order valence-corrected chi connectivity index (χ0v) is 18.9. The zero-order valence-electron chi connectivity index (χ0n) is 15.7. The van der Waals surface area contributed by atoms with Gasteiger partial charge in [0, 0.05) is 14.9 Å². The van der Waals surface area contributed by atoms with Gasteiger partial charge in [0.25, 0.3) is 5.91 Å². The lowest BCUT2D eigenvalue weighted by molar-refractivity contribution is 0.0699. The van der Waals surface area contributed by atoms with E-state index in [1.54, 1.807) is 6.92 Å². The van der Waals surface area contributed by atoms with Gasteiger partial charge in [-0.2, -0.15) is 0 Å². The molecule has 146 valence electrons. The fourth-order valence-electron chi connectivity index (χ4n) is 2.74. The van der Waals surface area contributed by atoms with Crippen LogP contribution >= 0.6 is 38.8 Å². The Hall–Kier alpha value is -2.10. The number of nitrogens with one attached hydrogen (secondary N) is 1. The fourth-order valence-corrected chi connectivity index (χ4v) is 4.83. The average molecular weight is 480 g/mol. The molecule has 2 N–H and O–H groups in total. The lowest BCUT2D eigenvalue weighted by atomic mass is 9.87. The Balaban J connectivity index is 2.18. The summed E-state index contributed by atoms with van der Waals surface area (Å²) in [7, 11) is 0. The maximum atomic E-state index is 12.6. The number of carbonyl (C=O) groups excluding carboxylic acids is 1. The molecule has 0 radical (unpaired) electrons. The fraction of sp³-hybridized carbons (Fsp3) is 0.263. The molecule has 0 saturated carbocycles. The summed E-state index contributed by atoms with van der Waals surface area (Å²) in [5.41, 5.74) is 1.73. The number of carboxylic acids is 1. The van der Waals surface area contributed by atoms with E-state index in [9.17, 15) is 14.7 Å². The highest BCUT2D eigenvalue weighted by molar-refractivity contribution is 9.10. The topological polar surface area (TPSA) is 92.2 Å². The second-order valence-corrected chi connectivity index (χ2v) is 9.90. The van der Waals surface area contributed by atoms with Crippen LogP contribution < -0.4 is 5.32 Å². The Kier molecular flexibility index (Phi) is 5.69. The predicted octanol–water partition coefficient (Wildman–Crippen LogP) is 5.59. The van der Waals surface area contributed by atoms with Crippen LogP contribution in [0.3, 0.4) is 0 Å². The first-order valence-electron chi connectivity index (χ1n) is 8.36. The number of amides is 1. The summed E-state index contributed by atoms with van der Waals surface area (Å²) < 4.78 is 4.68. The first-order valence-corrected chi connectivity index (χ1v) is 10.7. The number of hydrogen-bond acceptors (Lipinski definition) is 6. The van der Waals surface area contributed by atoms with Gasteiger partial charge in [0.1, 0.15) is 15.4 Å². The molecule has 28 heavy (non-hydrogen) atoms. The third-order valence-corrected chi connectivity index (χ3v) is 6.91. The molecule has 0 atom stereocenters. The molecule has 6 nitrogen and oxygen atoms in total. The molecule has 3 aromatic rings. The number of anilines is 1. The van der Waals surface area contributed by atoms with Crippen LogP contribution in [-0.2, 0) is 5.41 Å². The number of carboxylic acid groups (broad SMARTS) is 1. The van der Waals surface area contributed by atoms with Crippen LogP contribution in [0.25, 0.3) is 11.1 Å². The van der Waals surface area contributed by atoms with Gasteiger partial charge in [-0.25, -0.2) is 4.79 Å². The third-order valence-electron chi connectivity index (χ3n) is 4.02. The number of aryl methyl sites for hydroxylation is 1. The summed E-state index contributed by atoms with van der Waals surface area (Å²) >= 11 is 5.68. The maximum Gasteiger partial charge on any atom is 0.339 e. The minimum Gasteiger partial charge on any atom is -0.478 e. The van der Waals surface area contributed by atoms with Crippen molar-refractivity contribution in [3.8, 4) is 11.1 Å². The maximum absolute atomic E-state index is 12.6. The van der Waals surface area contributed by atoms with Crippen molar-refractivity contribution in [2.75, 3.05) is 5.32 Å². The molecule has 0 aliphatic heterocycles. The van der Waals surface area contributed by atoms with Gasteiger partial charge in [0.05, 0.1) is 5.69 Å². The number of aromatic carboxylic acids is 1. The summed E-state index contributed by atoms with van der Waals surface area (Å²) in [6.07, 6.45) is 0. The first kappa shape index (κ1) is 20.6. The number of nitrogens with zero attached hydrogens (tertiary/aromatic N) is 2. The minimum atomic E-state index is -1.08. The molecule has 9 heteroatoms. The molecular formula is C19H18BrN3O3S2. The smallest absolute Gasteiger partial charge is 0.339 e. The normalized spacial score (nSPS) is 11.5. The summed E-state index contributed by atoms with van der Waals surface area (Å²) in [5, 5.41) is 16.9. The van der Waals surface area contributed by atoms with E-state index in [0.717, 1.165) is 26.4 Å². The van der Waals surface area contributed by atoms with Crippen LogP contribution in [0.1, 0.15) is 51.4 Å². The summed E-state index contributed by atoms with van der Waals surface area (Å²) in [4.78, 5) is 26.1. The monoisotopic (exact) mass is 479 g/mol. The van der Waals surface area contributed by atoms with Crippen molar-refractivity contribution >= 4 is 55.7 Å². The highest BCUT2D eigenvalue weighted by Gasteiger charge is 2.31. The highest BCUT2D eigenvalue weighted by atomic mass is 79.9. The van der Waals surface area contributed by atoms with Crippen molar-refractivity contribution in [1.82, 2.24) is 9.59 Å². The van der Waals surface area contributed by atoms with Crippen molar-refractivity contribution in [3.63, 3.8) is 0 Å². The Labute approximate surface area is 178 Å². The Morgan fingerprint density at radius 2 is 1.82 bits per heavy atom. The highest BCUT2D eigenvalue weighted by Crippen LogP contribution is 2.46. The predicted molar refractivity (Wildman–Crippen MR) is 116 cm³/mol. The summed E-state index contributed by atoms with van der Waals surface area (Å²) in [6.45, 7) is 7.76. The SMILES string of the molecule is Cc1nnsc1C(=O)Nc1sc(C(C)(C)C)c(-c2ccc(Br)cc2)c1C(=O)O. The molecule has 0 spiro atoms. The standard InChI is InChI=1S/C19H18BrN3O3S2/c1-9-14(28-23-22-9)16(24)21-17-13(18(25)26)12(15(27-17)19(2,3)4)10-5-7-11(20)8-6-10/h5-8H,1-4H3,(H,21,24)(H,25,26). The van der Waals surface area contributed by atoms with Crippen LogP contribution in [0.4, 0.5) is 5.00 Å². The molecule has 3 rings (SSSR count). The molecule has 0 bridgehead atoms. The quantitative estimate of drug-likeness (QED) is 0.508. The molecule has 1 amide bonds. The Morgan fingerprint density at radius 1 is 1.18 bits per heavy atom. The average Bonchev–Trinajstić information content (AvgIpc) is 3.19. The molecular weight excluding hydrogens is 462 g/mol. The van der Waals surface area contributed by atoms with E-state index < -0.39 is 11.9 Å². The molecule has 2 aromatic heterocycles. The lowest BCUT2D eigenvalue weighted by Gasteiger charge is -2.19. The van der Waals surface area contributed by atoms with Crippen molar-refractivity contribution in [3.05, 3.63) is 49.7 Å². The second-order valence-electron chi connectivity index (χ2n) is 7.21. The number of thiophene rings is 1. The van der Waals surface area contributed by atoms with Crippen molar-refractivity contribution in [2.24, 2.45) is 0 Å². The molecule has 1 aromatic carbocycles. The molecule has 0 aliphatic rings. The van der Waals surface area contributed by atoms with E-state index in [-0.39, 0.29) is 11.0 Å².